The van der Waals surface area contributed by atoms with Crippen molar-refractivity contribution in [3.05, 3.63) is 33.9 Å². The number of nitro benzene ring substituents is 1. The maximum atomic E-state index is 13.0. The van der Waals surface area contributed by atoms with Gasteiger partial charge < -0.3 is 10.0 Å². The molecule has 0 amide bonds. The first kappa shape index (κ1) is 13.7. The summed E-state index contributed by atoms with van der Waals surface area (Å²) < 4.78 is 26.0. The molecule has 0 aliphatic carbocycles. The molecule has 0 saturated carbocycles. The summed E-state index contributed by atoms with van der Waals surface area (Å²) in [6.45, 7) is 1.09. The van der Waals surface area contributed by atoms with E-state index in [1.165, 1.54) is 12.1 Å². The summed E-state index contributed by atoms with van der Waals surface area (Å²) in [6, 6.07) is 3.51. The van der Waals surface area contributed by atoms with E-state index < -0.39 is 11.3 Å². The zero-order chi connectivity index (χ0) is 14.0. The fourth-order valence-corrected chi connectivity index (χ4v) is 2.32. The molecule has 1 heterocycles. The lowest BCUT2D eigenvalue weighted by Crippen LogP contribution is -2.22. The highest BCUT2D eigenvalue weighted by atomic mass is 19.3. The molecular formula is C12H14F2N2O3. The Morgan fingerprint density at radius 2 is 2.26 bits per heavy atom. The monoisotopic (exact) mass is 272 g/mol. The maximum Gasteiger partial charge on any atom is 0.270 e. The number of alkyl halides is 2. The van der Waals surface area contributed by atoms with E-state index in [4.69, 9.17) is 5.11 Å². The molecule has 1 aliphatic rings. The lowest BCUT2D eigenvalue weighted by atomic mass is 10.1. The highest BCUT2D eigenvalue weighted by Crippen LogP contribution is 2.35. The average molecular weight is 272 g/mol. The summed E-state index contributed by atoms with van der Waals surface area (Å²) >= 11 is 0. The predicted octanol–water partition coefficient (Wildman–Crippen LogP) is 2.35. The molecule has 0 bridgehead atoms. The summed E-state index contributed by atoms with van der Waals surface area (Å²) in [5.41, 5.74) is -0.346. The van der Waals surface area contributed by atoms with Crippen LogP contribution in [0, 0.1) is 16.0 Å². The topological polar surface area (TPSA) is 66.6 Å². The van der Waals surface area contributed by atoms with Crippen molar-refractivity contribution in [2.45, 2.75) is 12.8 Å². The van der Waals surface area contributed by atoms with Crippen LogP contribution in [-0.2, 0) is 0 Å². The SMILES string of the molecule is O=[N+]([O-])c1ccc(N2CCC(CO)C2)c(C(F)F)c1. The molecule has 7 heteroatoms. The molecule has 5 nitrogen and oxygen atoms in total. The smallest absolute Gasteiger partial charge is 0.270 e. The Labute approximate surface area is 108 Å². The summed E-state index contributed by atoms with van der Waals surface area (Å²) in [5, 5.41) is 19.7. The number of benzene rings is 1. The van der Waals surface area contributed by atoms with Gasteiger partial charge >= 0.3 is 0 Å². The quantitative estimate of drug-likeness (QED) is 0.675. The number of non-ortho nitro benzene ring substituents is 1. The molecule has 19 heavy (non-hydrogen) atoms. The van der Waals surface area contributed by atoms with Gasteiger partial charge in [-0.3, -0.25) is 10.1 Å². The molecule has 1 saturated heterocycles. The summed E-state index contributed by atoms with van der Waals surface area (Å²) in [6.07, 6.45) is -2.03. The van der Waals surface area contributed by atoms with E-state index in [9.17, 15) is 18.9 Å². The van der Waals surface area contributed by atoms with Crippen molar-refractivity contribution in [2.75, 3.05) is 24.6 Å². The highest BCUT2D eigenvalue weighted by molar-refractivity contribution is 5.59. The Bertz CT molecular complexity index is 482. The molecule has 1 N–H and O–H groups in total. The third kappa shape index (κ3) is 2.81. The summed E-state index contributed by atoms with van der Waals surface area (Å²) in [5.74, 6) is 0.0701. The van der Waals surface area contributed by atoms with Crippen LogP contribution in [0.4, 0.5) is 20.2 Å². The van der Waals surface area contributed by atoms with Crippen LogP contribution >= 0.6 is 0 Å². The van der Waals surface area contributed by atoms with Crippen molar-refractivity contribution in [1.82, 2.24) is 0 Å². The summed E-state index contributed by atoms with van der Waals surface area (Å²) in [4.78, 5) is 11.7. The molecule has 1 unspecified atom stereocenters. The van der Waals surface area contributed by atoms with Crippen LogP contribution in [0.1, 0.15) is 18.4 Å². The second-order valence-corrected chi connectivity index (χ2v) is 4.58. The van der Waals surface area contributed by atoms with Crippen molar-refractivity contribution < 1.29 is 18.8 Å². The molecule has 1 aliphatic heterocycles. The minimum atomic E-state index is -2.76. The minimum Gasteiger partial charge on any atom is -0.396 e. The van der Waals surface area contributed by atoms with Gasteiger partial charge in [-0.1, -0.05) is 0 Å². The van der Waals surface area contributed by atoms with Gasteiger partial charge in [0.05, 0.1) is 4.92 Å². The van der Waals surface area contributed by atoms with E-state index in [1.54, 1.807) is 4.90 Å². The number of aliphatic hydroxyl groups excluding tert-OH is 1. The van der Waals surface area contributed by atoms with Gasteiger partial charge in [0.15, 0.2) is 0 Å². The molecule has 1 aromatic carbocycles. The van der Waals surface area contributed by atoms with Crippen LogP contribution in [-0.4, -0.2) is 29.7 Å². The van der Waals surface area contributed by atoms with Gasteiger partial charge in [-0.25, -0.2) is 8.78 Å². The Morgan fingerprint density at radius 1 is 1.53 bits per heavy atom. The van der Waals surface area contributed by atoms with E-state index in [1.807, 2.05) is 0 Å². The van der Waals surface area contributed by atoms with Crippen molar-refractivity contribution in [1.29, 1.82) is 0 Å². The first-order valence-electron chi connectivity index (χ1n) is 5.95. The first-order valence-corrected chi connectivity index (χ1v) is 5.95. The van der Waals surface area contributed by atoms with Crippen LogP contribution in [0.3, 0.4) is 0 Å². The van der Waals surface area contributed by atoms with Crippen molar-refractivity contribution in [3.63, 3.8) is 0 Å². The molecule has 2 rings (SSSR count). The average Bonchev–Trinajstić information content (AvgIpc) is 2.86. The Hall–Kier alpha value is -1.76. The summed E-state index contributed by atoms with van der Waals surface area (Å²) in [7, 11) is 0. The van der Waals surface area contributed by atoms with Crippen LogP contribution in [0.2, 0.25) is 0 Å². The number of hydrogen-bond donors (Lipinski definition) is 1. The third-order valence-corrected chi connectivity index (χ3v) is 3.34. The Balaban J connectivity index is 2.32. The molecule has 1 fully saturated rings. The number of nitrogens with zero attached hydrogens (tertiary/aromatic N) is 2. The van der Waals surface area contributed by atoms with Gasteiger partial charge in [-0.15, -0.1) is 0 Å². The maximum absolute atomic E-state index is 13.0. The second kappa shape index (κ2) is 5.48. The van der Waals surface area contributed by atoms with Crippen LogP contribution in [0.5, 0.6) is 0 Å². The molecule has 0 aromatic heterocycles. The van der Waals surface area contributed by atoms with Gasteiger partial charge in [-0.05, 0) is 12.5 Å². The number of halogens is 2. The van der Waals surface area contributed by atoms with Gasteiger partial charge in [0, 0.05) is 49.0 Å². The van der Waals surface area contributed by atoms with E-state index in [-0.39, 0.29) is 23.8 Å². The number of nitro groups is 1. The molecule has 1 atom stereocenters. The number of hydrogen-bond acceptors (Lipinski definition) is 4. The van der Waals surface area contributed by atoms with E-state index >= 15 is 0 Å². The standard InChI is InChI=1S/C12H14F2N2O3/c13-12(14)10-5-9(16(18)19)1-2-11(10)15-4-3-8(6-15)7-17/h1-2,5,8,12,17H,3-4,6-7H2. The van der Waals surface area contributed by atoms with Gasteiger partial charge in [-0.2, -0.15) is 0 Å². The van der Waals surface area contributed by atoms with Crippen LogP contribution in [0.15, 0.2) is 18.2 Å². The Kier molecular flexibility index (Phi) is 3.94. The normalized spacial score (nSPS) is 19.2. The highest BCUT2D eigenvalue weighted by Gasteiger charge is 2.27. The Morgan fingerprint density at radius 3 is 2.79 bits per heavy atom. The van der Waals surface area contributed by atoms with Crippen molar-refractivity contribution in [3.8, 4) is 0 Å². The lowest BCUT2D eigenvalue weighted by molar-refractivity contribution is -0.385. The van der Waals surface area contributed by atoms with E-state index in [0.717, 1.165) is 12.5 Å². The van der Waals surface area contributed by atoms with Crippen LogP contribution in [0.25, 0.3) is 0 Å². The number of aliphatic hydroxyl groups is 1. The van der Waals surface area contributed by atoms with Crippen molar-refractivity contribution >= 4 is 11.4 Å². The zero-order valence-corrected chi connectivity index (χ0v) is 10.1. The van der Waals surface area contributed by atoms with Gasteiger partial charge in [0.1, 0.15) is 0 Å². The number of anilines is 1. The van der Waals surface area contributed by atoms with E-state index in [0.29, 0.717) is 18.8 Å². The van der Waals surface area contributed by atoms with Gasteiger partial charge in [0.25, 0.3) is 12.1 Å². The zero-order valence-electron chi connectivity index (χ0n) is 10.1. The van der Waals surface area contributed by atoms with E-state index in [2.05, 4.69) is 0 Å². The first-order chi connectivity index (χ1) is 9.02. The molecular weight excluding hydrogens is 258 g/mol. The van der Waals surface area contributed by atoms with Crippen molar-refractivity contribution in [2.24, 2.45) is 5.92 Å². The number of rotatable bonds is 4. The fourth-order valence-electron chi connectivity index (χ4n) is 2.32. The predicted molar refractivity (Wildman–Crippen MR) is 65.5 cm³/mol. The largest absolute Gasteiger partial charge is 0.396 e. The minimum absolute atomic E-state index is 0.0213. The lowest BCUT2D eigenvalue weighted by Gasteiger charge is -2.21. The fraction of sp³-hybridized carbons (Fsp3) is 0.500. The molecule has 1 aromatic rings. The third-order valence-electron chi connectivity index (χ3n) is 3.34. The van der Waals surface area contributed by atoms with Crippen LogP contribution < -0.4 is 4.90 Å². The molecule has 104 valence electrons. The molecule has 0 radical (unpaired) electrons. The second-order valence-electron chi connectivity index (χ2n) is 4.58. The molecule has 0 spiro atoms. The van der Waals surface area contributed by atoms with Gasteiger partial charge in [0.2, 0.25) is 0 Å².